The number of carboxylic acids is 1. The molecule has 1 aromatic rings. The zero-order valence-corrected chi connectivity index (χ0v) is 8.45. The molecule has 1 aliphatic rings. The number of aromatic carboxylic acids is 1. The van der Waals surface area contributed by atoms with E-state index in [1.54, 1.807) is 0 Å². The summed E-state index contributed by atoms with van der Waals surface area (Å²) in [4.78, 5) is 10.6. The number of ether oxygens (including phenoxy) is 1. The van der Waals surface area contributed by atoms with E-state index >= 15 is 0 Å². The van der Waals surface area contributed by atoms with Gasteiger partial charge in [0, 0.05) is 0 Å². The first-order valence-electron chi connectivity index (χ1n) is 4.23. The highest BCUT2D eigenvalue weighted by atomic mass is 32.2. The first kappa shape index (κ1) is 9.97. The lowest BCUT2D eigenvalue weighted by molar-refractivity contribution is 0.0696. The van der Waals surface area contributed by atoms with Crippen LogP contribution in [0.1, 0.15) is 10.4 Å². The summed E-state index contributed by atoms with van der Waals surface area (Å²) in [6.07, 6.45) is 0. The summed E-state index contributed by atoms with van der Waals surface area (Å²) >= 11 is 0. The lowest BCUT2D eigenvalue weighted by Gasteiger charge is -2.17. The maximum Gasteiger partial charge on any atom is 0.335 e. The van der Waals surface area contributed by atoms with Crippen LogP contribution in [0.4, 0.5) is 0 Å². The molecule has 1 heterocycles. The second-order valence-corrected chi connectivity index (χ2v) is 5.21. The fraction of sp³-hybridized carbons (Fsp3) is 0.222. The normalized spacial score (nSPS) is 17.6. The summed E-state index contributed by atoms with van der Waals surface area (Å²) in [6, 6.07) is 3.82. The van der Waals surface area contributed by atoms with Crippen LogP contribution in [-0.2, 0) is 9.84 Å². The van der Waals surface area contributed by atoms with Gasteiger partial charge in [0.2, 0.25) is 0 Å². The van der Waals surface area contributed by atoms with E-state index in [0.29, 0.717) is 0 Å². The number of carboxylic acid groups (broad SMARTS) is 1. The summed E-state index contributed by atoms with van der Waals surface area (Å²) in [5, 5.41) is 8.72. The molecule has 1 aliphatic heterocycles. The van der Waals surface area contributed by atoms with Crippen LogP contribution in [0.3, 0.4) is 0 Å². The Morgan fingerprint density at radius 3 is 2.80 bits per heavy atom. The van der Waals surface area contributed by atoms with E-state index in [0.717, 1.165) is 6.07 Å². The molecular formula is C9H8O5S. The average Bonchev–Trinajstić information content (AvgIpc) is 2.17. The standard InChI is InChI=1S/C9H8O5S/c10-9(11)6-1-2-7-8(5-6)15(12,13)4-3-14-7/h1-2,5H,3-4H2,(H,10,11). The molecule has 0 atom stereocenters. The van der Waals surface area contributed by atoms with Gasteiger partial charge in [0.1, 0.15) is 17.3 Å². The van der Waals surface area contributed by atoms with E-state index in [-0.39, 0.29) is 28.6 Å². The minimum Gasteiger partial charge on any atom is -0.491 e. The molecule has 0 bridgehead atoms. The van der Waals surface area contributed by atoms with Gasteiger partial charge in [-0.15, -0.1) is 0 Å². The van der Waals surface area contributed by atoms with Gasteiger partial charge >= 0.3 is 5.97 Å². The van der Waals surface area contributed by atoms with E-state index < -0.39 is 15.8 Å². The first-order chi connectivity index (χ1) is 7.00. The molecule has 0 spiro atoms. The number of hydrogen-bond acceptors (Lipinski definition) is 4. The molecule has 1 N–H and O–H groups in total. The zero-order chi connectivity index (χ0) is 11.1. The van der Waals surface area contributed by atoms with Crippen LogP contribution in [0.25, 0.3) is 0 Å². The second kappa shape index (κ2) is 3.23. The number of fused-ring (bicyclic) bond motifs is 1. The van der Waals surface area contributed by atoms with E-state index in [1.807, 2.05) is 0 Å². The highest BCUT2D eigenvalue weighted by Crippen LogP contribution is 2.29. The van der Waals surface area contributed by atoms with E-state index in [4.69, 9.17) is 9.84 Å². The summed E-state index contributed by atoms with van der Waals surface area (Å²) in [5.74, 6) is -1.03. The van der Waals surface area contributed by atoms with Crippen molar-refractivity contribution in [2.45, 2.75) is 4.90 Å². The van der Waals surface area contributed by atoms with Crippen molar-refractivity contribution in [3.63, 3.8) is 0 Å². The SMILES string of the molecule is O=C(O)c1ccc2c(c1)S(=O)(=O)CCO2. The molecule has 2 rings (SSSR count). The van der Waals surface area contributed by atoms with Crippen molar-refractivity contribution in [2.75, 3.05) is 12.4 Å². The summed E-state index contributed by atoms with van der Waals surface area (Å²) in [7, 11) is -3.39. The van der Waals surface area contributed by atoms with E-state index in [9.17, 15) is 13.2 Å². The Labute approximate surface area is 86.2 Å². The molecule has 0 fully saturated rings. The molecule has 0 saturated carbocycles. The van der Waals surface area contributed by atoms with E-state index in [1.165, 1.54) is 12.1 Å². The maximum absolute atomic E-state index is 11.6. The highest BCUT2D eigenvalue weighted by Gasteiger charge is 2.25. The van der Waals surface area contributed by atoms with Gasteiger partial charge < -0.3 is 9.84 Å². The van der Waals surface area contributed by atoms with Crippen LogP contribution < -0.4 is 4.74 Å². The highest BCUT2D eigenvalue weighted by molar-refractivity contribution is 7.91. The van der Waals surface area contributed by atoms with Crippen molar-refractivity contribution in [3.05, 3.63) is 23.8 Å². The average molecular weight is 228 g/mol. The lowest BCUT2D eigenvalue weighted by atomic mass is 10.2. The van der Waals surface area contributed by atoms with Crippen LogP contribution in [0.15, 0.2) is 23.1 Å². The lowest BCUT2D eigenvalue weighted by Crippen LogP contribution is -2.21. The Balaban J connectivity index is 2.64. The van der Waals surface area contributed by atoms with Crippen molar-refractivity contribution in [1.29, 1.82) is 0 Å². The third kappa shape index (κ3) is 1.68. The van der Waals surface area contributed by atoms with Crippen LogP contribution in [0.5, 0.6) is 5.75 Å². The van der Waals surface area contributed by atoms with Gasteiger partial charge in [-0.05, 0) is 18.2 Å². The van der Waals surface area contributed by atoms with Crippen LogP contribution in [-0.4, -0.2) is 31.9 Å². The number of sulfone groups is 1. The second-order valence-electron chi connectivity index (χ2n) is 3.13. The Bertz CT molecular complexity index is 517. The number of rotatable bonds is 1. The zero-order valence-electron chi connectivity index (χ0n) is 7.63. The molecule has 0 radical (unpaired) electrons. The molecule has 0 saturated heterocycles. The van der Waals surface area contributed by atoms with Crippen molar-refractivity contribution >= 4 is 15.8 Å². The third-order valence-corrected chi connectivity index (χ3v) is 3.83. The van der Waals surface area contributed by atoms with Gasteiger partial charge in [-0.2, -0.15) is 0 Å². The predicted molar refractivity (Wildman–Crippen MR) is 50.9 cm³/mol. The molecule has 0 amide bonds. The van der Waals surface area contributed by atoms with Gasteiger partial charge in [0.15, 0.2) is 9.84 Å². The molecule has 1 aromatic carbocycles. The number of hydrogen-bond donors (Lipinski definition) is 1. The summed E-state index contributed by atoms with van der Waals surface area (Å²) in [6.45, 7) is 0.113. The van der Waals surface area contributed by atoms with Crippen LogP contribution in [0.2, 0.25) is 0 Å². The molecule has 0 aromatic heterocycles. The molecule has 0 aliphatic carbocycles. The Morgan fingerprint density at radius 1 is 1.40 bits per heavy atom. The molecule has 5 nitrogen and oxygen atoms in total. The van der Waals surface area contributed by atoms with Gasteiger partial charge in [-0.3, -0.25) is 0 Å². The van der Waals surface area contributed by atoms with Crippen molar-refractivity contribution in [2.24, 2.45) is 0 Å². The van der Waals surface area contributed by atoms with Crippen LogP contribution >= 0.6 is 0 Å². The first-order valence-corrected chi connectivity index (χ1v) is 5.89. The summed E-state index contributed by atoms with van der Waals surface area (Å²) in [5.41, 5.74) is -0.0529. The van der Waals surface area contributed by atoms with Gasteiger partial charge in [-0.1, -0.05) is 0 Å². The fourth-order valence-electron chi connectivity index (χ4n) is 1.37. The minimum absolute atomic E-state index is 0.0337. The Kier molecular flexibility index (Phi) is 2.15. The van der Waals surface area contributed by atoms with Gasteiger partial charge in [0.05, 0.1) is 11.3 Å². The molecule has 80 valence electrons. The minimum atomic E-state index is -3.39. The van der Waals surface area contributed by atoms with Crippen molar-refractivity contribution in [3.8, 4) is 5.75 Å². The topological polar surface area (TPSA) is 80.7 Å². The van der Waals surface area contributed by atoms with E-state index in [2.05, 4.69) is 0 Å². The largest absolute Gasteiger partial charge is 0.491 e. The third-order valence-electron chi connectivity index (χ3n) is 2.14. The van der Waals surface area contributed by atoms with Gasteiger partial charge in [-0.25, -0.2) is 13.2 Å². The number of carbonyl (C=O) groups is 1. The predicted octanol–water partition coefficient (Wildman–Crippen LogP) is 0.551. The monoisotopic (exact) mass is 228 g/mol. The smallest absolute Gasteiger partial charge is 0.335 e. The Morgan fingerprint density at radius 2 is 2.13 bits per heavy atom. The summed E-state index contributed by atoms with van der Waals surface area (Å²) < 4.78 is 28.3. The van der Waals surface area contributed by atoms with Crippen LogP contribution in [0, 0.1) is 0 Å². The molecule has 0 unspecified atom stereocenters. The molecule has 15 heavy (non-hydrogen) atoms. The maximum atomic E-state index is 11.6. The quantitative estimate of drug-likeness (QED) is 0.759. The Hall–Kier alpha value is -1.56. The molecule has 6 heteroatoms. The van der Waals surface area contributed by atoms with Crippen molar-refractivity contribution in [1.82, 2.24) is 0 Å². The fourth-order valence-corrected chi connectivity index (χ4v) is 2.64. The molecular weight excluding hydrogens is 220 g/mol. The van der Waals surface area contributed by atoms with Gasteiger partial charge in [0.25, 0.3) is 0 Å². The number of benzene rings is 1. The van der Waals surface area contributed by atoms with Crippen molar-refractivity contribution < 1.29 is 23.1 Å².